The van der Waals surface area contributed by atoms with Gasteiger partial charge in [-0.2, -0.15) is 4.31 Å². The zero-order valence-corrected chi connectivity index (χ0v) is 9.97. The molecule has 1 saturated heterocycles. The van der Waals surface area contributed by atoms with Gasteiger partial charge in [0.25, 0.3) is 0 Å². The smallest absolute Gasteiger partial charge is 0.207 e. The van der Waals surface area contributed by atoms with E-state index in [-0.39, 0.29) is 10.6 Å². The van der Waals surface area contributed by atoms with Crippen LogP contribution in [-0.4, -0.2) is 25.8 Å². The van der Waals surface area contributed by atoms with Crippen molar-refractivity contribution in [1.29, 1.82) is 0 Å². The first-order valence-corrected chi connectivity index (χ1v) is 6.74. The largest absolute Gasteiger partial charge is 0.243 e. The molecule has 0 aromatic heterocycles. The summed E-state index contributed by atoms with van der Waals surface area (Å²) in [6.07, 6.45) is 1.76. The molecule has 1 aromatic rings. The zero-order valence-electron chi connectivity index (χ0n) is 9.15. The van der Waals surface area contributed by atoms with Crippen LogP contribution in [0, 0.1) is 0 Å². The first-order valence-electron chi connectivity index (χ1n) is 5.30. The van der Waals surface area contributed by atoms with Crippen LogP contribution in [-0.2, 0) is 10.0 Å². The highest BCUT2D eigenvalue weighted by molar-refractivity contribution is 7.89. The van der Waals surface area contributed by atoms with Crippen LogP contribution in [0.4, 0.5) is 5.69 Å². The lowest BCUT2D eigenvalue weighted by molar-refractivity contribution is 0.477. The molecule has 0 amide bonds. The fourth-order valence-corrected chi connectivity index (χ4v) is 3.51. The van der Waals surface area contributed by atoms with E-state index in [0.717, 1.165) is 12.8 Å². The quantitative estimate of drug-likeness (QED) is 0.470. The van der Waals surface area contributed by atoms with Gasteiger partial charge in [-0.1, -0.05) is 23.3 Å². The summed E-state index contributed by atoms with van der Waals surface area (Å²) in [5, 5.41) is 3.42. The topological polar surface area (TPSA) is 86.1 Å². The first kappa shape index (κ1) is 11.9. The Bertz CT molecular complexity index is 557. The van der Waals surface area contributed by atoms with Gasteiger partial charge in [0.15, 0.2) is 0 Å². The van der Waals surface area contributed by atoms with Gasteiger partial charge in [0.2, 0.25) is 10.0 Å². The van der Waals surface area contributed by atoms with Crippen molar-refractivity contribution in [1.82, 2.24) is 4.31 Å². The Balaban J connectivity index is 2.48. The van der Waals surface area contributed by atoms with Crippen LogP contribution in [0.15, 0.2) is 34.3 Å². The predicted molar refractivity (Wildman–Crippen MR) is 63.2 cm³/mol. The molecule has 0 radical (unpaired) electrons. The van der Waals surface area contributed by atoms with Crippen molar-refractivity contribution >= 4 is 15.7 Å². The van der Waals surface area contributed by atoms with E-state index in [4.69, 9.17) is 5.53 Å². The molecule has 0 bridgehead atoms. The Hall–Kier alpha value is -1.56. The third-order valence-electron chi connectivity index (χ3n) is 2.70. The van der Waals surface area contributed by atoms with E-state index < -0.39 is 10.0 Å². The van der Waals surface area contributed by atoms with E-state index in [1.165, 1.54) is 16.4 Å². The third-order valence-corrected chi connectivity index (χ3v) is 4.65. The highest BCUT2D eigenvalue weighted by Crippen LogP contribution is 2.28. The second-order valence-corrected chi connectivity index (χ2v) is 5.67. The molecule has 6 nitrogen and oxygen atoms in total. The predicted octanol–water partition coefficient (Wildman–Crippen LogP) is 2.41. The van der Waals surface area contributed by atoms with E-state index in [0.29, 0.717) is 13.1 Å². The second kappa shape index (κ2) is 4.75. The number of nitrogens with zero attached hydrogens (tertiary/aromatic N) is 4. The highest BCUT2D eigenvalue weighted by Gasteiger charge is 2.28. The Morgan fingerprint density at radius 2 is 1.88 bits per heavy atom. The molecule has 1 fully saturated rings. The summed E-state index contributed by atoms with van der Waals surface area (Å²) < 4.78 is 26.0. The summed E-state index contributed by atoms with van der Waals surface area (Å²) >= 11 is 0. The number of benzene rings is 1. The normalized spacial score (nSPS) is 16.7. The maximum absolute atomic E-state index is 12.3. The molecule has 1 aliphatic rings. The monoisotopic (exact) mass is 252 g/mol. The molecule has 7 heteroatoms. The van der Waals surface area contributed by atoms with Gasteiger partial charge in [-0.3, -0.25) is 0 Å². The van der Waals surface area contributed by atoms with Gasteiger partial charge in [0, 0.05) is 18.0 Å². The molecule has 0 unspecified atom stereocenters. The van der Waals surface area contributed by atoms with Gasteiger partial charge in [-0.05, 0) is 24.4 Å². The average Bonchev–Trinajstić information content (AvgIpc) is 2.84. The summed E-state index contributed by atoms with van der Waals surface area (Å²) in [5.41, 5.74) is 8.58. The zero-order chi connectivity index (χ0) is 12.3. The van der Waals surface area contributed by atoms with E-state index in [2.05, 4.69) is 10.0 Å². The van der Waals surface area contributed by atoms with Crippen molar-refractivity contribution in [3.63, 3.8) is 0 Å². The molecule has 17 heavy (non-hydrogen) atoms. The maximum atomic E-state index is 12.3. The standard InChI is InChI=1S/C10H12N4O2S/c11-13-12-9-5-1-2-6-10(9)17(15,16)14-7-3-4-8-14/h1-2,5-6H,3-4,7-8H2. The van der Waals surface area contributed by atoms with Crippen molar-refractivity contribution in [2.24, 2.45) is 5.11 Å². The van der Waals surface area contributed by atoms with E-state index in [1.807, 2.05) is 0 Å². The van der Waals surface area contributed by atoms with Crippen LogP contribution in [0.25, 0.3) is 10.4 Å². The molecule has 1 aliphatic heterocycles. The minimum atomic E-state index is -3.52. The molecule has 0 aliphatic carbocycles. The Morgan fingerprint density at radius 1 is 1.24 bits per heavy atom. The number of hydrogen-bond acceptors (Lipinski definition) is 3. The van der Waals surface area contributed by atoms with E-state index in [1.54, 1.807) is 12.1 Å². The van der Waals surface area contributed by atoms with Crippen LogP contribution in [0.1, 0.15) is 12.8 Å². The van der Waals surface area contributed by atoms with E-state index in [9.17, 15) is 8.42 Å². The lowest BCUT2D eigenvalue weighted by Gasteiger charge is -2.16. The van der Waals surface area contributed by atoms with Crippen LogP contribution in [0.3, 0.4) is 0 Å². The fraction of sp³-hybridized carbons (Fsp3) is 0.400. The van der Waals surface area contributed by atoms with Gasteiger partial charge < -0.3 is 0 Å². The van der Waals surface area contributed by atoms with Crippen LogP contribution < -0.4 is 0 Å². The summed E-state index contributed by atoms with van der Waals surface area (Å²) in [6, 6.07) is 6.24. The van der Waals surface area contributed by atoms with E-state index >= 15 is 0 Å². The van der Waals surface area contributed by atoms with Crippen molar-refractivity contribution in [2.45, 2.75) is 17.7 Å². The van der Waals surface area contributed by atoms with Crippen molar-refractivity contribution in [2.75, 3.05) is 13.1 Å². The molecule has 1 aromatic carbocycles. The Labute approximate surface area is 99.5 Å². The summed E-state index contributed by atoms with van der Waals surface area (Å²) in [5.74, 6) is 0. The molecule has 0 atom stereocenters. The van der Waals surface area contributed by atoms with Gasteiger partial charge >= 0.3 is 0 Å². The van der Waals surface area contributed by atoms with Crippen LogP contribution in [0.2, 0.25) is 0 Å². The lowest BCUT2D eigenvalue weighted by atomic mass is 10.3. The maximum Gasteiger partial charge on any atom is 0.243 e. The number of hydrogen-bond donors (Lipinski definition) is 0. The van der Waals surface area contributed by atoms with Gasteiger partial charge in [0.05, 0.1) is 10.6 Å². The highest BCUT2D eigenvalue weighted by atomic mass is 32.2. The first-order chi connectivity index (χ1) is 8.16. The molecule has 0 saturated carbocycles. The van der Waals surface area contributed by atoms with Crippen molar-refractivity contribution in [3.05, 3.63) is 34.7 Å². The average molecular weight is 252 g/mol. The Kier molecular flexibility index (Phi) is 3.33. The fourth-order valence-electron chi connectivity index (χ4n) is 1.87. The summed E-state index contributed by atoms with van der Waals surface area (Å²) in [6.45, 7) is 1.07. The number of azide groups is 1. The minimum absolute atomic E-state index is 0.0831. The third kappa shape index (κ3) is 2.26. The lowest BCUT2D eigenvalue weighted by Crippen LogP contribution is -2.27. The number of rotatable bonds is 3. The van der Waals surface area contributed by atoms with Crippen molar-refractivity contribution in [3.8, 4) is 0 Å². The molecule has 90 valence electrons. The molecule has 1 heterocycles. The Morgan fingerprint density at radius 3 is 2.53 bits per heavy atom. The summed E-state index contributed by atoms with van der Waals surface area (Å²) in [4.78, 5) is 2.73. The second-order valence-electron chi connectivity index (χ2n) is 3.77. The molecular formula is C10H12N4O2S. The molecule has 0 spiro atoms. The van der Waals surface area contributed by atoms with Crippen molar-refractivity contribution < 1.29 is 8.42 Å². The van der Waals surface area contributed by atoms with Crippen LogP contribution >= 0.6 is 0 Å². The molecule has 2 rings (SSSR count). The minimum Gasteiger partial charge on any atom is -0.207 e. The van der Waals surface area contributed by atoms with Gasteiger partial charge in [0.1, 0.15) is 0 Å². The molecular weight excluding hydrogens is 240 g/mol. The van der Waals surface area contributed by atoms with Crippen LogP contribution in [0.5, 0.6) is 0 Å². The van der Waals surface area contributed by atoms with Gasteiger partial charge in [-0.25, -0.2) is 8.42 Å². The molecule has 0 N–H and O–H groups in total. The number of sulfonamides is 1. The summed E-state index contributed by atoms with van der Waals surface area (Å²) in [7, 11) is -3.52. The SMILES string of the molecule is [N-]=[N+]=Nc1ccccc1S(=O)(=O)N1CCCC1. The van der Waals surface area contributed by atoms with Gasteiger partial charge in [-0.15, -0.1) is 0 Å².